The highest BCUT2D eigenvalue weighted by Gasteiger charge is 2.52. The number of carbonyl (C=O) groups is 1. The number of nitrogens with one attached hydrogen (secondary N) is 1. The molecule has 0 spiro atoms. The Morgan fingerprint density at radius 1 is 1.37 bits per heavy atom. The summed E-state index contributed by atoms with van der Waals surface area (Å²) in [6.45, 7) is 7.39. The van der Waals surface area contributed by atoms with Gasteiger partial charge in [-0.3, -0.25) is 4.79 Å². The van der Waals surface area contributed by atoms with Crippen LogP contribution in [0.15, 0.2) is 0 Å². The van der Waals surface area contributed by atoms with Crippen LogP contribution in [0, 0.1) is 23.2 Å². The molecule has 19 heavy (non-hydrogen) atoms. The van der Waals surface area contributed by atoms with E-state index in [9.17, 15) is 4.79 Å². The number of carboxylic acids is 1. The molecule has 5 nitrogen and oxygen atoms in total. The topological polar surface area (TPSA) is 83.5 Å². The Morgan fingerprint density at radius 3 is 2.05 bits per heavy atom. The van der Waals surface area contributed by atoms with E-state index in [1.807, 2.05) is 0 Å². The normalized spacial score (nSPS) is 29.4. The van der Waals surface area contributed by atoms with Crippen LogP contribution in [-0.4, -0.2) is 30.8 Å². The lowest BCUT2D eigenvalue weighted by Crippen LogP contribution is -2.51. The van der Waals surface area contributed by atoms with Crippen LogP contribution in [0.2, 0.25) is 0 Å². The summed E-state index contributed by atoms with van der Waals surface area (Å²) in [7, 11) is 1.59. The van der Waals surface area contributed by atoms with Crippen LogP contribution in [-0.2, 0) is 14.4 Å². The second-order valence-corrected chi connectivity index (χ2v) is 5.92. The molecule has 5 heteroatoms. The highest BCUT2D eigenvalue weighted by Crippen LogP contribution is 2.61. The zero-order chi connectivity index (χ0) is 15.1. The van der Waals surface area contributed by atoms with Crippen LogP contribution < -0.4 is 5.32 Å². The number of likely N-dealkylation sites (N-methyl/N-ethyl adjacent to an activating group) is 1. The Labute approximate surface area is 114 Å². The standard InChI is InChI=1S/C10H18.C3H7NO2.CO2/c1-7-4-5-8-6-9(7)10(8,2)3;1-4-2-3(5)6;2-1-3/h7-9H,4-6H2,1-3H3;4H,2H2,1H3,(H,5,6);/t7-,8?,9?;;/m0../s1. The van der Waals surface area contributed by atoms with Gasteiger partial charge in [-0.15, -0.1) is 0 Å². The maximum Gasteiger partial charge on any atom is 0.373 e. The predicted molar refractivity (Wildman–Crippen MR) is 70.3 cm³/mol. The molecule has 2 bridgehead atoms. The van der Waals surface area contributed by atoms with Crippen molar-refractivity contribution >= 4 is 12.1 Å². The summed E-state index contributed by atoms with van der Waals surface area (Å²) in [5.74, 6) is 2.33. The Hall–Kier alpha value is -1.19. The molecule has 3 aliphatic carbocycles. The average Bonchev–Trinajstić information content (AvgIpc) is 2.30. The van der Waals surface area contributed by atoms with Gasteiger partial charge in [-0.05, 0) is 43.1 Å². The number of carbonyl (C=O) groups excluding carboxylic acids is 2. The van der Waals surface area contributed by atoms with Gasteiger partial charge >= 0.3 is 12.1 Å². The zero-order valence-corrected chi connectivity index (χ0v) is 12.2. The Balaban J connectivity index is 0.000000312. The zero-order valence-electron chi connectivity index (χ0n) is 12.2. The SMILES string of the molecule is CNCC(=O)O.C[C@H]1CCC2CC1C2(C)C.O=C=O. The number of hydrogen-bond acceptors (Lipinski definition) is 4. The number of fused-ring (bicyclic) bond motifs is 2. The van der Waals surface area contributed by atoms with E-state index in [2.05, 4.69) is 26.1 Å². The van der Waals surface area contributed by atoms with Crippen molar-refractivity contribution in [3.8, 4) is 0 Å². The van der Waals surface area contributed by atoms with E-state index in [0.29, 0.717) is 5.41 Å². The van der Waals surface area contributed by atoms with Gasteiger partial charge in [0.1, 0.15) is 0 Å². The van der Waals surface area contributed by atoms with Crippen molar-refractivity contribution in [3.05, 3.63) is 0 Å². The lowest BCUT2D eigenvalue weighted by Gasteiger charge is -2.59. The number of aliphatic carboxylic acids is 1. The molecule has 0 heterocycles. The molecular formula is C14H25NO4. The largest absolute Gasteiger partial charge is 0.480 e. The molecule has 3 saturated carbocycles. The van der Waals surface area contributed by atoms with Crippen LogP contribution in [0.25, 0.3) is 0 Å². The summed E-state index contributed by atoms with van der Waals surface area (Å²) >= 11 is 0. The fourth-order valence-electron chi connectivity index (χ4n) is 3.33. The van der Waals surface area contributed by atoms with Gasteiger partial charge in [-0.2, -0.15) is 9.59 Å². The van der Waals surface area contributed by atoms with E-state index < -0.39 is 5.97 Å². The monoisotopic (exact) mass is 271 g/mol. The minimum absolute atomic E-state index is 0.0417. The molecule has 3 atom stereocenters. The second kappa shape index (κ2) is 8.08. The molecule has 0 radical (unpaired) electrons. The Bertz CT molecular complexity index is 319. The fraction of sp³-hybridized carbons (Fsp3) is 0.857. The minimum atomic E-state index is -0.822. The van der Waals surface area contributed by atoms with Gasteiger partial charge in [0.2, 0.25) is 0 Å². The van der Waals surface area contributed by atoms with E-state index in [-0.39, 0.29) is 12.7 Å². The lowest BCUT2D eigenvalue weighted by atomic mass is 9.46. The van der Waals surface area contributed by atoms with Crippen molar-refractivity contribution in [1.82, 2.24) is 5.32 Å². The van der Waals surface area contributed by atoms with Crippen molar-refractivity contribution in [2.45, 2.75) is 40.0 Å². The molecule has 0 aromatic heterocycles. The molecule has 110 valence electrons. The van der Waals surface area contributed by atoms with E-state index in [4.69, 9.17) is 14.7 Å². The summed E-state index contributed by atoms with van der Waals surface area (Å²) in [6.07, 6.45) is 4.79. The smallest absolute Gasteiger partial charge is 0.373 e. The van der Waals surface area contributed by atoms with Crippen molar-refractivity contribution in [1.29, 1.82) is 0 Å². The van der Waals surface area contributed by atoms with Gasteiger partial charge in [-0.25, -0.2) is 0 Å². The van der Waals surface area contributed by atoms with Crippen molar-refractivity contribution in [3.63, 3.8) is 0 Å². The van der Waals surface area contributed by atoms with Crippen LogP contribution in [0.4, 0.5) is 0 Å². The number of rotatable bonds is 2. The number of carboxylic acid groups (broad SMARTS) is 1. The summed E-state index contributed by atoms with van der Waals surface area (Å²) in [5, 5.41) is 10.3. The molecule has 3 rings (SSSR count). The lowest BCUT2D eigenvalue weighted by molar-refractivity contribution is -0.191. The van der Waals surface area contributed by atoms with Crippen LogP contribution in [0.5, 0.6) is 0 Å². The van der Waals surface area contributed by atoms with Gasteiger partial charge in [-0.1, -0.05) is 27.2 Å². The summed E-state index contributed by atoms with van der Waals surface area (Å²) in [4.78, 5) is 25.8. The molecule has 0 aromatic rings. The molecule has 0 aromatic carbocycles. The van der Waals surface area contributed by atoms with Crippen LogP contribution in [0.3, 0.4) is 0 Å². The first-order chi connectivity index (χ1) is 8.81. The van der Waals surface area contributed by atoms with Crippen molar-refractivity contribution in [2.24, 2.45) is 23.2 Å². The molecule has 0 amide bonds. The summed E-state index contributed by atoms with van der Waals surface area (Å²) in [6, 6.07) is 0. The van der Waals surface area contributed by atoms with Gasteiger partial charge < -0.3 is 10.4 Å². The van der Waals surface area contributed by atoms with Gasteiger partial charge in [0.25, 0.3) is 0 Å². The maximum absolute atomic E-state index is 9.54. The van der Waals surface area contributed by atoms with Gasteiger partial charge in [0, 0.05) is 0 Å². The fourth-order valence-corrected chi connectivity index (χ4v) is 3.33. The maximum atomic E-state index is 9.54. The highest BCUT2D eigenvalue weighted by atomic mass is 16.4. The third-order valence-electron chi connectivity index (χ3n) is 4.53. The Kier molecular flexibility index (Phi) is 7.57. The van der Waals surface area contributed by atoms with Crippen LogP contribution >= 0.6 is 0 Å². The first kappa shape index (κ1) is 17.8. The molecule has 3 fully saturated rings. The molecule has 2 unspecified atom stereocenters. The number of hydrogen-bond donors (Lipinski definition) is 2. The van der Waals surface area contributed by atoms with Gasteiger partial charge in [0.05, 0.1) is 6.54 Å². The quantitative estimate of drug-likeness (QED) is 0.800. The van der Waals surface area contributed by atoms with Gasteiger partial charge in [0.15, 0.2) is 0 Å². The molecule has 0 saturated heterocycles. The minimum Gasteiger partial charge on any atom is -0.480 e. The molecule has 2 N–H and O–H groups in total. The van der Waals surface area contributed by atoms with E-state index >= 15 is 0 Å². The first-order valence-corrected chi connectivity index (χ1v) is 6.66. The van der Waals surface area contributed by atoms with Crippen molar-refractivity contribution in [2.75, 3.05) is 13.6 Å². The van der Waals surface area contributed by atoms with E-state index in [1.165, 1.54) is 19.3 Å². The molecule has 0 aliphatic heterocycles. The summed E-state index contributed by atoms with van der Waals surface area (Å²) in [5.41, 5.74) is 0.706. The summed E-state index contributed by atoms with van der Waals surface area (Å²) < 4.78 is 0. The third kappa shape index (κ3) is 5.13. The highest BCUT2D eigenvalue weighted by molar-refractivity contribution is 5.68. The predicted octanol–water partition coefficient (Wildman–Crippen LogP) is 1.79. The van der Waals surface area contributed by atoms with Crippen molar-refractivity contribution < 1.29 is 19.5 Å². The first-order valence-electron chi connectivity index (χ1n) is 6.66. The second-order valence-electron chi connectivity index (χ2n) is 5.92. The molecule has 3 aliphatic rings. The molecular weight excluding hydrogens is 246 g/mol. The van der Waals surface area contributed by atoms with Crippen LogP contribution in [0.1, 0.15) is 40.0 Å². The van der Waals surface area contributed by atoms with E-state index in [1.54, 1.807) is 7.05 Å². The average molecular weight is 271 g/mol. The van der Waals surface area contributed by atoms with E-state index in [0.717, 1.165) is 17.8 Å². The Morgan fingerprint density at radius 2 is 1.89 bits per heavy atom. The third-order valence-corrected chi connectivity index (χ3v) is 4.53.